The van der Waals surface area contributed by atoms with Crippen molar-refractivity contribution < 1.29 is 18.7 Å². The predicted molar refractivity (Wildman–Crippen MR) is 141 cm³/mol. The molecule has 1 amide bonds. The van der Waals surface area contributed by atoms with Crippen LogP contribution in [-0.4, -0.2) is 29.7 Å². The molecule has 3 aromatic rings. The highest BCUT2D eigenvalue weighted by Crippen LogP contribution is 2.39. The van der Waals surface area contributed by atoms with Crippen molar-refractivity contribution in [3.8, 4) is 10.4 Å². The quantitative estimate of drug-likeness (QED) is 0.337. The predicted octanol–water partition coefficient (Wildman–Crippen LogP) is 5.86. The Balaban J connectivity index is 1.54. The van der Waals surface area contributed by atoms with Crippen LogP contribution in [-0.2, 0) is 16.8 Å². The number of aliphatic hydroxyl groups is 1. The lowest BCUT2D eigenvalue weighted by molar-refractivity contribution is -0.120. The first kappa shape index (κ1) is 26.5. The molecule has 192 valence electrons. The Morgan fingerprint density at radius 3 is 2.44 bits per heavy atom. The van der Waals surface area contributed by atoms with E-state index in [0.717, 1.165) is 31.7 Å². The Hall–Kier alpha value is -2.61. The summed E-state index contributed by atoms with van der Waals surface area (Å²) in [5, 5.41) is 19.7. The van der Waals surface area contributed by atoms with Gasteiger partial charge in [-0.15, -0.1) is 11.3 Å². The molecule has 0 bridgehead atoms. The number of carbonyl (C=O) groups excluding carboxylic acids is 1. The van der Waals surface area contributed by atoms with Gasteiger partial charge in [-0.1, -0.05) is 37.5 Å². The third kappa shape index (κ3) is 6.58. The van der Waals surface area contributed by atoms with E-state index in [9.17, 15) is 18.7 Å². The molecule has 0 spiro atoms. The average Bonchev–Trinajstić information content (AvgIpc) is 3.28. The lowest BCUT2D eigenvalue weighted by Gasteiger charge is -2.40. The summed E-state index contributed by atoms with van der Waals surface area (Å²) in [6.07, 6.45) is 4.43. The van der Waals surface area contributed by atoms with E-state index in [4.69, 9.17) is 0 Å². The zero-order chi connectivity index (χ0) is 25.7. The Bertz CT molecular complexity index is 1170. The summed E-state index contributed by atoms with van der Waals surface area (Å²) in [6.45, 7) is 3.71. The van der Waals surface area contributed by atoms with Gasteiger partial charge >= 0.3 is 0 Å². The zero-order valence-electron chi connectivity index (χ0n) is 20.8. The number of thiophene rings is 1. The van der Waals surface area contributed by atoms with E-state index in [0.29, 0.717) is 5.56 Å². The molecule has 0 saturated heterocycles. The molecule has 7 heteroatoms. The summed E-state index contributed by atoms with van der Waals surface area (Å²) in [4.78, 5) is 13.1. The Morgan fingerprint density at radius 1 is 1.08 bits per heavy atom. The first-order valence-electron chi connectivity index (χ1n) is 12.6. The van der Waals surface area contributed by atoms with Gasteiger partial charge in [0, 0.05) is 30.0 Å². The van der Waals surface area contributed by atoms with E-state index in [1.807, 2.05) is 0 Å². The third-order valence-corrected chi connectivity index (χ3v) is 8.12. The van der Waals surface area contributed by atoms with Crippen LogP contribution in [0.4, 0.5) is 8.78 Å². The van der Waals surface area contributed by atoms with Gasteiger partial charge in [0.15, 0.2) is 0 Å². The SMILES string of the molecule is CC(=O)N[C@@H](Cc1cc(F)cc(F)c1)[C@H](O)CNC1(c2cccc(-c3cc(C)cs3)c2)CCCCC1. The van der Waals surface area contributed by atoms with E-state index in [1.165, 1.54) is 47.0 Å². The normalized spacial score (nSPS) is 16.9. The maximum absolute atomic E-state index is 13.7. The van der Waals surface area contributed by atoms with Gasteiger partial charge in [-0.2, -0.15) is 0 Å². The van der Waals surface area contributed by atoms with Crippen molar-refractivity contribution in [2.45, 2.75) is 70.1 Å². The van der Waals surface area contributed by atoms with Crippen LogP contribution in [0, 0.1) is 18.6 Å². The van der Waals surface area contributed by atoms with Crippen molar-refractivity contribution in [1.29, 1.82) is 0 Å². The van der Waals surface area contributed by atoms with Crippen LogP contribution in [0.2, 0.25) is 0 Å². The van der Waals surface area contributed by atoms with Gasteiger partial charge in [0.25, 0.3) is 0 Å². The number of carbonyl (C=O) groups is 1. The number of hydrogen-bond acceptors (Lipinski definition) is 4. The molecular weight excluding hydrogens is 478 g/mol. The summed E-state index contributed by atoms with van der Waals surface area (Å²) in [6, 6.07) is 13.4. The molecule has 1 aromatic heterocycles. The Morgan fingerprint density at radius 2 is 1.81 bits per heavy atom. The number of aliphatic hydroxyl groups excluding tert-OH is 1. The molecule has 3 N–H and O–H groups in total. The highest BCUT2D eigenvalue weighted by Gasteiger charge is 2.35. The average molecular weight is 513 g/mol. The van der Waals surface area contributed by atoms with Crippen molar-refractivity contribution >= 4 is 17.2 Å². The van der Waals surface area contributed by atoms with Gasteiger partial charge in [-0.3, -0.25) is 4.79 Å². The topological polar surface area (TPSA) is 61.4 Å². The first-order chi connectivity index (χ1) is 17.2. The molecular formula is C29H34F2N2O2S. The molecule has 1 aliphatic rings. The molecule has 1 aliphatic carbocycles. The third-order valence-electron chi connectivity index (χ3n) is 7.02. The van der Waals surface area contributed by atoms with E-state index in [-0.39, 0.29) is 24.4 Å². The fourth-order valence-electron chi connectivity index (χ4n) is 5.24. The fraction of sp³-hybridized carbons (Fsp3) is 0.414. The van der Waals surface area contributed by atoms with E-state index < -0.39 is 23.8 Å². The highest BCUT2D eigenvalue weighted by atomic mass is 32.1. The number of aryl methyl sites for hydroxylation is 1. The van der Waals surface area contributed by atoms with Crippen LogP contribution in [0.1, 0.15) is 55.7 Å². The number of benzene rings is 2. The summed E-state index contributed by atoms with van der Waals surface area (Å²) in [5.74, 6) is -1.66. The number of hydrogen-bond donors (Lipinski definition) is 3. The number of nitrogens with one attached hydrogen (secondary N) is 2. The molecule has 1 saturated carbocycles. The number of halogens is 2. The molecule has 0 aliphatic heterocycles. The van der Waals surface area contributed by atoms with Crippen molar-refractivity contribution in [3.05, 3.63) is 82.2 Å². The smallest absolute Gasteiger partial charge is 0.217 e. The molecule has 2 aromatic carbocycles. The van der Waals surface area contributed by atoms with Gasteiger partial charge in [-0.25, -0.2) is 8.78 Å². The second-order valence-corrected chi connectivity index (χ2v) is 10.9. The van der Waals surface area contributed by atoms with Crippen LogP contribution in [0.15, 0.2) is 53.9 Å². The van der Waals surface area contributed by atoms with Crippen LogP contribution >= 0.6 is 11.3 Å². The minimum Gasteiger partial charge on any atom is -0.390 e. The lowest BCUT2D eigenvalue weighted by atomic mass is 9.76. The van der Waals surface area contributed by atoms with Gasteiger partial charge in [0.2, 0.25) is 5.91 Å². The van der Waals surface area contributed by atoms with Crippen molar-refractivity contribution in [2.24, 2.45) is 0 Å². The summed E-state index contributed by atoms with van der Waals surface area (Å²) >= 11 is 1.73. The standard InChI is InChI=1S/C29H34F2N2O2S/c1-19-11-28(36-18-19)22-7-6-8-23(15-22)29(9-4-3-5-10-29)32-17-27(35)26(33-20(2)34)14-21-12-24(30)16-25(31)13-21/h6-8,11-13,15-16,18,26-27,32,35H,3-5,9-10,14,17H2,1-2H3,(H,33,34)/t26-,27+/m0/s1. The summed E-state index contributed by atoms with van der Waals surface area (Å²) in [7, 11) is 0. The molecule has 4 nitrogen and oxygen atoms in total. The number of rotatable bonds is 9. The van der Waals surface area contributed by atoms with Crippen LogP contribution in [0.25, 0.3) is 10.4 Å². The lowest BCUT2D eigenvalue weighted by Crippen LogP contribution is -2.53. The van der Waals surface area contributed by atoms with E-state index in [1.54, 1.807) is 11.3 Å². The largest absolute Gasteiger partial charge is 0.390 e. The minimum absolute atomic E-state index is 0.122. The van der Waals surface area contributed by atoms with Crippen LogP contribution in [0.5, 0.6) is 0 Å². The molecule has 1 fully saturated rings. The van der Waals surface area contributed by atoms with Crippen LogP contribution in [0.3, 0.4) is 0 Å². The second-order valence-electron chi connectivity index (χ2n) is 9.95. The molecule has 0 unspecified atom stereocenters. The monoisotopic (exact) mass is 512 g/mol. The van der Waals surface area contributed by atoms with Gasteiger partial charge in [-0.05, 0) is 78.1 Å². The second kappa shape index (κ2) is 11.6. The Kier molecular flexibility index (Phi) is 8.54. The van der Waals surface area contributed by atoms with E-state index >= 15 is 0 Å². The van der Waals surface area contributed by atoms with E-state index in [2.05, 4.69) is 53.3 Å². The molecule has 4 rings (SSSR count). The maximum Gasteiger partial charge on any atom is 0.217 e. The fourth-order valence-corrected chi connectivity index (χ4v) is 6.14. The zero-order valence-corrected chi connectivity index (χ0v) is 21.6. The van der Waals surface area contributed by atoms with Crippen molar-refractivity contribution in [2.75, 3.05) is 6.54 Å². The van der Waals surface area contributed by atoms with Crippen molar-refractivity contribution in [1.82, 2.24) is 10.6 Å². The molecule has 0 radical (unpaired) electrons. The van der Waals surface area contributed by atoms with Gasteiger partial charge < -0.3 is 15.7 Å². The summed E-state index contributed by atoms with van der Waals surface area (Å²) < 4.78 is 27.5. The van der Waals surface area contributed by atoms with Gasteiger partial charge in [0.05, 0.1) is 12.1 Å². The Labute approximate surface area is 215 Å². The maximum atomic E-state index is 13.7. The molecule has 36 heavy (non-hydrogen) atoms. The van der Waals surface area contributed by atoms with Crippen LogP contribution < -0.4 is 10.6 Å². The highest BCUT2D eigenvalue weighted by molar-refractivity contribution is 7.13. The minimum atomic E-state index is -0.942. The first-order valence-corrected chi connectivity index (χ1v) is 13.4. The summed E-state index contributed by atoms with van der Waals surface area (Å²) in [5.41, 5.74) is 3.73. The number of amides is 1. The van der Waals surface area contributed by atoms with Gasteiger partial charge in [0.1, 0.15) is 11.6 Å². The van der Waals surface area contributed by atoms with Crippen molar-refractivity contribution in [3.63, 3.8) is 0 Å². The molecule has 2 atom stereocenters. The molecule has 1 heterocycles.